The third-order valence-electron chi connectivity index (χ3n) is 9.90. The van der Waals surface area contributed by atoms with Crippen LogP contribution in [-0.4, -0.2) is 110 Å². The van der Waals surface area contributed by atoms with Gasteiger partial charge in [-0.25, -0.2) is 16.8 Å². The van der Waals surface area contributed by atoms with Crippen LogP contribution in [0.1, 0.15) is 22.3 Å². The number of hydrazone groups is 2. The van der Waals surface area contributed by atoms with E-state index in [2.05, 4.69) is 31.9 Å². The quantitative estimate of drug-likeness (QED) is 0.0459. The summed E-state index contributed by atoms with van der Waals surface area (Å²) in [6, 6.07) is 25.6. The Labute approximate surface area is 409 Å². The Morgan fingerprint density at radius 3 is 1.62 bits per heavy atom. The number of rotatable bonds is 10. The van der Waals surface area contributed by atoms with Gasteiger partial charge in [0.15, 0.2) is 11.7 Å². The first-order valence-corrected chi connectivity index (χ1v) is 21.9. The van der Waals surface area contributed by atoms with Crippen LogP contribution in [0, 0.1) is 0 Å². The Morgan fingerprint density at radius 2 is 1.11 bits per heavy atom. The average Bonchev–Trinajstić information content (AvgIpc) is 3.26. The first-order valence-electron chi connectivity index (χ1n) is 19.1. The summed E-state index contributed by atoms with van der Waals surface area (Å²) in [4.78, 5) is 2.68. The molecule has 8 rings (SSSR count). The molecule has 318 valence electrons. The minimum Gasteiger partial charge on any atom is -0.744 e. The fourth-order valence-electron chi connectivity index (χ4n) is 6.92. The molecule has 0 amide bonds. The van der Waals surface area contributed by atoms with Crippen LogP contribution in [0.3, 0.4) is 0 Å². The molecule has 6 N–H and O–H groups in total. The number of amidine groups is 2. The summed E-state index contributed by atoms with van der Waals surface area (Å²) in [5.74, 6) is 1.08. The molecule has 4 aliphatic heterocycles. The van der Waals surface area contributed by atoms with Crippen molar-refractivity contribution in [3.8, 4) is 0 Å². The number of anilines is 3. The summed E-state index contributed by atoms with van der Waals surface area (Å²) < 4.78 is 88.1. The van der Waals surface area contributed by atoms with Gasteiger partial charge in [0.25, 0.3) is 0 Å². The van der Waals surface area contributed by atoms with Gasteiger partial charge in [-0.05, 0) is 41.5 Å². The Morgan fingerprint density at radius 1 is 0.635 bits per heavy atom. The molecular formula is C40H41N11Na2O8S2. The monoisotopic (exact) mass is 913 g/mol. The molecule has 0 aromatic heterocycles. The van der Waals surface area contributed by atoms with Gasteiger partial charge in [0.1, 0.15) is 20.2 Å². The maximum absolute atomic E-state index is 12.9. The number of ether oxygens (including phenoxy) is 2. The molecule has 4 aromatic rings. The standard InChI is InChI=1S/C40H43N11O8S2.2Na/c41-39-33(35-27-38(49-19-23-59-24-20-49)47-51(45-35)43-32-9-5-2-6-10-32)16-15-29(40(39)61(55,56)57)13-11-28-12-14-30(25-36(28)60(52,53)54)34-26-37(48-17-21-58-22-18-48)46-50(44-34)42-31-7-3-1-4-8-31;;/h1-16,25-27,42-45H,17-24,41H2,(H,52,53,54)(H,55,56,57);;/q;2*+1/p-2. The number of morpholine rings is 2. The first-order chi connectivity index (χ1) is 29.4. The van der Waals surface area contributed by atoms with Gasteiger partial charge in [0.2, 0.25) is 0 Å². The van der Waals surface area contributed by atoms with Crippen LogP contribution in [0.5, 0.6) is 0 Å². The molecule has 0 unspecified atom stereocenters. The maximum Gasteiger partial charge on any atom is 1.00 e. The van der Waals surface area contributed by atoms with Crippen molar-refractivity contribution >= 4 is 72.5 Å². The van der Waals surface area contributed by atoms with Crippen molar-refractivity contribution in [3.05, 3.63) is 125 Å². The Balaban J connectivity index is 0.00000330. The summed E-state index contributed by atoms with van der Waals surface area (Å²) in [5.41, 5.74) is 21.2. The summed E-state index contributed by atoms with van der Waals surface area (Å²) in [6.45, 7) is 4.18. The van der Waals surface area contributed by atoms with Crippen LogP contribution in [0.4, 0.5) is 17.1 Å². The third kappa shape index (κ3) is 11.8. The van der Waals surface area contributed by atoms with Crippen molar-refractivity contribution in [2.24, 2.45) is 10.2 Å². The first kappa shape index (κ1) is 47.8. The number of hydrogen-bond acceptors (Lipinski definition) is 19. The molecular weight excluding hydrogens is 873 g/mol. The van der Waals surface area contributed by atoms with Crippen LogP contribution in [0.2, 0.25) is 0 Å². The van der Waals surface area contributed by atoms with Crippen LogP contribution in [0.25, 0.3) is 23.5 Å². The number of nitrogens with zero attached hydrogens (tertiary/aromatic N) is 6. The molecule has 23 heteroatoms. The fraction of sp³-hybridized carbons (Fsp3) is 0.200. The van der Waals surface area contributed by atoms with Gasteiger partial charge in [-0.2, -0.15) is 0 Å². The number of nitrogens with one attached hydrogen (secondary N) is 4. The van der Waals surface area contributed by atoms with Crippen molar-refractivity contribution in [2.45, 2.75) is 9.79 Å². The molecule has 2 saturated heterocycles. The number of nitrogens with two attached hydrogens (primary N) is 1. The van der Waals surface area contributed by atoms with Crippen molar-refractivity contribution in [3.63, 3.8) is 0 Å². The minimum atomic E-state index is -5.23. The Bertz CT molecular complexity index is 2660. The van der Waals surface area contributed by atoms with E-state index in [1.54, 1.807) is 18.2 Å². The van der Waals surface area contributed by atoms with Gasteiger partial charge < -0.3 is 34.1 Å². The second-order valence-electron chi connectivity index (χ2n) is 14.0. The molecule has 0 atom stereocenters. The molecule has 63 heavy (non-hydrogen) atoms. The molecule has 4 aliphatic rings. The summed E-state index contributed by atoms with van der Waals surface area (Å²) in [6.07, 6.45) is 5.90. The summed E-state index contributed by atoms with van der Waals surface area (Å²) >= 11 is 0. The molecule has 4 aromatic carbocycles. The van der Waals surface area contributed by atoms with E-state index < -0.39 is 30.0 Å². The zero-order valence-electron chi connectivity index (χ0n) is 34.5. The minimum absolute atomic E-state index is 0. The number of hydrogen-bond donors (Lipinski definition) is 5. The van der Waals surface area contributed by atoms with Crippen molar-refractivity contribution in [2.75, 3.05) is 69.2 Å². The number of hydrazine groups is 4. The topological polar surface area (TPSA) is 245 Å². The van der Waals surface area contributed by atoms with E-state index in [0.29, 0.717) is 86.9 Å². The molecule has 19 nitrogen and oxygen atoms in total. The van der Waals surface area contributed by atoms with Gasteiger partial charge in [-0.1, -0.05) is 72.8 Å². The normalized spacial score (nSPS) is 16.9. The fourth-order valence-corrected chi connectivity index (χ4v) is 8.42. The van der Waals surface area contributed by atoms with E-state index >= 15 is 0 Å². The zero-order valence-corrected chi connectivity index (χ0v) is 40.1. The van der Waals surface area contributed by atoms with Gasteiger partial charge in [0.05, 0.1) is 64.7 Å². The Kier molecular flexibility index (Phi) is 15.9. The second kappa shape index (κ2) is 20.9. The molecule has 0 saturated carbocycles. The summed E-state index contributed by atoms with van der Waals surface area (Å²) in [7, 11) is -10.3. The molecule has 0 aliphatic carbocycles. The van der Waals surface area contributed by atoms with Gasteiger partial charge in [0, 0.05) is 49.5 Å². The number of benzene rings is 4. The predicted octanol–water partition coefficient (Wildman–Crippen LogP) is -3.08. The molecule has 0 spiro atoms. The smallest absolute Gasteiger partial charge is 0.744 e. The van der Waals surface area contributed by atoms with E-state index in [9.17, 15) is 25.9 Å². The molecule has 2 fully saturated rings. The van der Waals surface area contributed by atoms with Crippen LogP contribution >= 0.6 is 0 Å². The average molecular weight is 914 g/mol. The largest absolute Gasteiger partial charge is 1.00 e. The van der Waals surface area contributed by atoms with Gasteiger partial charge in [-0.15, -0.1) is 20.7 Å². The van der Waals surface area contributed by atoms with Crippen LogP contribution in [-0.2, 0) is 29.7 Å². The van der Waals surface area contributed by atoms with Gasteiger partial charge >= 0.3 is 59.1 Å². The van der Waals surface area contributed by atoms with E-state index in [0.717, 1.165) is 5.69 Å². The molecule has 0 radical (unpaired) electrons. The molecule has 4 heterocycles. The number of nitrogen functional groups attached to an aromatic ring is 1. The number of para-hydroxylation sites is 2. The SMILES string of the molecule is Nc1c(C2=CC(N3CCOCC3)=NN(Nc3ccccc3)N2)ccc(C=Cc2ccc(C3=CC(N4CCOCC4)=NN(Nc4ccccc4)N3)cc2S(=O)(=O)[O-])c1S(=O)(=O)[O-].[Na+].[Na+]. The van der Waals surface area contributed by atoms with E-state index in [-0.39, 0.29) is 81.5 Å². The molecule has 0 bridgehead atoms. The Hall–Kier alpha value is -4.62. The third-order valence-corrected chi connectivity index (χ3v) is 11.7. The van der Waals surface area contributed by atoms with E-state index in [1.807, 2.05) is 70.5 Å². The van der Waals surface area contributed by atoms with Crippen molar-refractivity contribution in [1.82, 2.24) is 31.1 Å². The zero-order chi connectivity index (χ0) is 42.6. The van der Waals surface area contributed by atoms with E-state index in [4.69, 9.17) is 15.2 Å². The van der Waals surface area contributed by atoms with Crippen molar-refractivity contribution < 1.29 is 94.5 Å². The van der Waals surface area contributed by atoms with Gasteiger partial charge in [-0.3, -0.25) is 21.7 Å². The summed E-state index contributed by atoms with van der Waals surface area (Å²) in [5, 5.41) is 12.1. The second-order valence-corrected chi connectivity index (χ2v) is 16.6. The van der Waals surface area contributed by atoms with Crippen LogP contribution in [0.15, 0.2) is 123 Å². The predicted molar refractivity (Wildman–Crippen MR) is 228 cm³/mol. The van der Waals surface area contributed by atoms with Crippen LogP contribution < -0.4 is 86.6 Å². The van der Waals surface area contributed by atoms with E-state index in [1.165, 1.54) is 46.9 Å². The van der Waals surface area contributed by atoms with Crippen molar-refractivity contribution in [1.29, 1.82) is 0 Å². The maximum atomic E-state index is 12.9.